The molecule has 0 spiro atoms. The Hall–Kier alpha value is -3.20. The summed E-state index contributed by atoms with van der Waals surface area (Å²) in [6, 6.07) is 9.51. The molecule has 2 atom stereocenters. The number of carbonyl (C=O) groups is 1. The fourth-order valence-electron chi connectivity index (χ4n) is 4.67. The van der Waals surface area contributed by atoms with E-state index in [4.69, 9.17) is 0 Å². The van der Waals surface area contributed by atoms with Crippen molar-refractivity contribution < 1.29 is 27.6 Å². The number of hydrogen-bond donors (Lipinski definition) is 2. The van der Waals surface area contributed by atoms with E-state index in [1.54, 1.807) is 6.92 Å². The van der Waals surface area contributed by atoms with Gasteiger partial charge in [0.25, 0.3) is 5.91 Å². The van der Waals surface area contributed by atoms with E-state index in [1.807, 2.05) is 25.1 Å². The topological polar surface area (TPSA) is 92.4 Å². The van der Waals surface area contributed by atoms with E-state index in [9.17, 15) is 27.9 Å². The molecule has 1 amide bonds. The zero-order valence-corrected chi connectivity index (χ0v) is 18.1. The van der Waals surface area contributed by atoms with Crippen molar-refractivity contribution in [1.82, 2.24) is 5.16 Å². The van der Waals surface area contributed by atoms with Gasteiger partial charge in [-0.05, 0) is 73.9 Å². The number of nitrogens with one attached hydrogen (secondary N) is 1. The third kappa shape index (κ3) is 4.13. The van der Waals surface area contributed by atoms with Gasteiger partial charge in [0.2, 0.25) is 5.60 Å². The maximum absolute atomic E-state index is 14.1. The first-order valence-electron chi connectivity index (χ1n) is 10.6. The fourth-order valence-corrected chi connectivity index (χ4v) is 4.67. The van der Waals surface area contributed by atoms with Crippen molar-refractivity contribution in [2.75, 3.05) is 5.32 Å². The highest BCUT2D eigenvalue weighted by Gasteiger charge is 2.60. The molecule has 0 saturated carbocycles. The number of halogens is 3. The van der Waals surface area contributed by atoms with Crippen LogP contribution in [0.3, 0.4) is 0 Å². The van der Waals surface area contributed by atoms with E-state index >= 15 is 0 Å². The SMILES string of the molecule is Cc1cccc2c1C(CC(O)(C(=O)Nc1ccc3c(=O)onc(C)c3c1)C(F)(F)F)CCC2. The van der Waals surface area contributed by atoms with Crippen LogP contribution in [-0.2, 0) is 11.2 Å². The molecule has 0 fully saturated rings. The van der Waals surface area contributed by atoms with Crippen LogP contribution in [0.4, 0.5) is 18.9 Å². The fraction of sp³-hybridized carbons (Fsp3) is 0.375. The number of aromatic nitrogens is 1. The molecule has 3 aromatic rings. The molecule has 1 heterocycles. The van der Waals surface area contributed by atoms with Crippen LogP contribution in [0.15, 0.2) is 45.7 Å². The monoisotopic (exact) mass is 460 g/mol. The lowest BCUT2D eigenvalue weighted by Crippen LogP contribution is -2.55. The van der Waals surface area contributed by atoms with Crippen molar-refractivity contribution in [3.05, 3.63) is 69.2 Å². The van der Waals surface area contributed by atoms with Gasteiger partial charge in [-0.1, -0.05) is 23.4 Å². The standard InChI is InChI=1S/C24H23F3N2O4/c1-13-5-3-6-15-7-4-8-16(20(13)15)12-23(32,24(25,26)27)22(31)28-17-9-10-18-19(11-17)14(2)29-33-21(18)30/h3,5-6,9-11,16,32H,4,7-8,12H2,1-2H3,(H,28,31). The Morgan fingerprint density at radius 2 is 1.97 bits per heavy atom. The lowest BCUT2D eigenvalue weighted by atomic mass is 9.74. The third-order valence-corrected chi connectivity index (χ3v) is 6.36. The number of hydrogen-bond acceptors (Lipinski definition) is 5. The number of benzene rings is 2. The molecule has 2 N–H and O–H groups in total. The van der Waals surface area contributed by atoms with E-state index < -0.39 is 35.6 Å². The summed E-state index contributed by atoms with van der Waals surface area (Å²) in [4.78, 5) is 24.7. The minimum Gasteiger partial charge on any atom is -0.373 e. The zero-order valence-electron chi connectivity index (χ0n) is 18.1. The Morgan fingerprint density at radius 1 is 1.21 bits per heavy atom. The minimum atomic E-state index is -5.19. The number of aryl methyl sites for hydroxylation is 3. The van der Waals surface area contributed by atoms with Crippen LogP contribution in [0.1, 0.15) is 47.6 Å². The van der Waals surface area contributed by atoms with E-state index in [0.29, 0.717) is 23.9 Å². The summed E-state index contributed by atoms with van der Waals surface area (Å²) in [6.45, 7) is 3.39. The van der Waals surface area contributed by atoms with Gasteiger partial charge in [-0.3, -0.25) is 4.79 Å². The summed E-state index contributed by atoms with van der Waals surface area (Å²) >= 11 is 0. The quantitative estimate of drug-likeness (QED) is 0.596. The molecule has 0 saturated heterocycles. The van der Waals surface area contributed by atoms with Crippen LogP contribution >= 0.6 is 0 Å². The number of alkyl halides is 3. The predicted molar refractivity (Wildman–Crippen MR) is 116 cm³/mol. The van der Waals surface area contributed by atoms with Crippen molar-refractivity contribution in [1.29, 1.82) is 0 Å². The summed E-state index contributed by atoms with van der Waals surface area (Å²) in [5, 5.41) is 17.0. The molecule has 0 radical (unpaired) electrons. The number of rotatable bonds is 4. The molecule has 1 aliphatic carbocycles. The lowest BCUT2D eigenvalue weighted by Gasteiger charge is -2.35. The minimum absolute atomic E-state index is 0.00546. The number of amides is 1. The first-order chi connectivity index (χ1) is 15.5. The molecule has 6 nitrogen and oxygen atoms in total. The highest BCUT2D eigenvalue weighted by molar-refractivity contribution is 5.99. The van der Waals surface area contributed by atoms with Crippen LogP contribution < -0.4 is 10.9 Å². The number of anilines is 1. The first kappa shape index (κ1) is 23.0. The van der Waals surface area contributed by atoms with Gasteiger partial charge >= 0.3 is 11.8 Å². The average molecular weight is 460 g/mol. The molecule has 2 unspecified atom stereocenters. The highest BCUT2D eigenvalue weighted by Crippen LogP contribution is 2.44. The second kappa shape index (κ2) is 8.30. The largest absolute Gasteiger partial charge is 0.426 e. The Bertz CT molecular complexity index is 1280. The van der Waals surface area contributed by atoms with Crippen molar-refractivity contribution in [3.8, 4) is 0 Å². The molecule has 2 aromatic carbocycles. The predicted octanol–water partition coefficient (Wildman–Crippen LogP) is 4.55. The van der Waals surface area contributed by atoms with E-state index in [0.717, 1.165) is 23.1 Å². The van der Waals surface area contributed by atoms with Gasteiger partial charge in [0.1, 0.15) is 0 Å². The summed E-state index contributed by atoms with van der Waals surface area (Å²) in [5.74, 6) is -2.18. The van der Waals surface area contributed by atoms with Gasteiger partial charge in [-0.25, -0.2) is 4.79 Å². The van der Waals surface area contributed by atoms with Crippen LogP contribution in [0.2, 0.25) is 0 Å². The molecular weight excluding hydrogens is 437 g/mol. The zero-order chi connectivity index (χ0) is 24.0. The normalized spacial score (nSPS) is 17.9. The van der Waals surface area contributed by atoms with Gasteiger partial charge in [0, 0.05) is 17.5 Å². The van der Waals surface area contributed by atoms with Crippen molar-refractivity contribution in [2.24, 2.45) is 0 Å². The van der Waals surface area contributed by atoms with Crippen molar-refractivity contribution in [3.63, 3.8) is 0 Å². The van der Waals surface area contributed by atoms with Gasteiger partial charge in [-0.15, -0.1) is 0 Å². The van der Waals surface area contributed by atoms with Crippen molar-refractivity contribution in [2.45, 2.75) is 57.2 Å². The van der Waals surface area contributed by atoms with Gasteiger partial charge < -0.3 is 14.9 Å². The molecule has 1 aliphatic rings. The highest BCUT2D eigenvalue weighted by atomic mass is 19.4. The molecular formula is C24H23F3N2O4. The molecule has 9 heteroatoms. The van der Waals surface area contributed by atoms with Crippen LogP contribution in [0.5, 0.6) is 0 Å². The second-order valence-electron chi connectivity index (χ2n) is 8.57. The summed E-state index contributed by atoms with van der Waals surface area (Å²) in [5.41, 5.74) is -1.38. The Morgan fingerprint density at radius 3 is 2.70 bits per heavy atom. The maximum atomic E-state index is 14.1. The summed E-state index contributed by atoms with van der Waals surface area (Å²) in [7, 11) is 0. The number of carbonyl (C=O) groups excluding carboxylic acids is 1. The number of nitrogens with zero attached hydrogens (tertiary/aromatic N) is 1. The summed E-state index contributed by atoms with van der Waals surface area (Å²) in [6.07, 6.45) is -4.09. The third-order valence-electron chi connectivity index (χ3n) is 6.36. The van der Waals surface area contributed by atoms with Gasteiger partial charge in [0.15, 0.2) is 0 Å². The number of fused-ring (bicyclic) bond motifs is 2. The summed E-state index contributed by atoms with van der Waals surface area (Å²) < 4.78 is 46.9. The molecule has 33 heavy (non-hydrogen) atoms. The Kier molecular flexibility index (Phi) is 5.78. The van der Waals surface area contributed by atoms with E-state index in [1.165, 1.54) is 18.2 Å². The molecule has 1 aromatic heterocycles. The van der Waals surface area contributed by atoms with Crippen LogP contribution in [0, 0.1) is 13.8 Å². The lowest BCUT2D eigenvalue weighted by molar-refractivity contribution is -0.252. The second-order valence-corrected chi connectivity index (χ2v) is 8.57. The van der Waals surface area contributed by atoms with Crippen molar-refractivity contribution >= 4 is 22.4 Å². The molecule has 174 valence electrons. The van der Waals surface area contributed by atoms with Crippen LogP contribution in [-0.4, -0.2) is 27.9 Å². The molecule has 0 bridgehead atoms. The molecule has 0 aliphatic heterocycles. The maximum Gasteiger partial charge on any atom is 0.426 e. The van der Waals surface area contributed by atoms with E-state index in [2.05, 4.69) is 15.0 Å². The van der Waals surface area contributed by atoms with Gasteiger partial charge in [0.05, 0.1) is 11.1 Å². The Labute approximate surface area is 187 Å². The molecule has 4 rings (SSSR count). The first-order valence-corrected chi connectivity index (χ1v) is 10.6. The van der Waals surface area contributed by atoms with Gasteiger partial charge in [-0.2, -0.15) is 13.2 Å². The number of aliphatic hydroxyl groups is 1. The smallest absolute Gasteiger partial charge is 0.373 e. The Balaban J connectivity index is 1.67. The van der Waals surface area contributed by atoms with E-state index in [-0.39, 0.29) is 11.1 Å². The van der Waals surface area contributed by atoms with Crippen LogP contribution in [0.25, 0.3) is 10.8 Å². The average Bonchev–Trinajstić information content (AvgIpc) is 2.76.